The molecule has 32 heteroatoms. The number of aromatic amines is 2. The topological polar surface area (TPSA) is 456 Å². The van der Waals surface area contributed by atoms with E-state index < -0.39 is 174 Å². The van der Waals surface area contributed by atoms with Crippen LogP contribution in [0.3, 0.4) is 0 Å². The molecule has 10 amide bonds. The van der Waals surface area contributed by atoms with Gasteiger partial charge in [-0.25, -0.2) is 8.78 Å². The summed E-state index contributed by atoms with van der Waals surface area (Å²) in [5.41, 5.74) is 13.1. The number of primary amides is 1. The molecule has 0 aliphatic carbocycles. The lowest BCUT2D eigenvalue weighted by molar-refractivity contribution is -0.147. The van der Waals surface area contributed by atoms with Crippen molar-refractivity contribution in [3.63, 3.8) is 0 Å². The Morgan fingerprint density at radius 2 is 1.32 bits per heavy atom. The lowest BCUT2D eigenvalue weighted by atomic mass is 9.87. The van der Waals surface area contributed by atoms with E-state index in [4.69, 9.17) is 20.9 Å². The van der Waals surface area contributed by atoms with Crippen molar-refractivity contribution in [2.24, 2.45) is 28.3 Å². The Kier molecular flexibility index (Phi) is 28.2. The van der Waals surface area contributed by atoms with Crippen LogP contribution in [0.2, 0.25) is 0 Å². The van der Waals surface area contributed by atoms with Gasteiger partial charge in [0.15, 0.2) is 18.2 Å². The molecule has 0 radical (unpaired) electrons. The van der Waals surface area contributed by atoms with Crippen LogP contribution in [0.1, 0.15) is 114 Å². The van der Waals surface area contributed by atoms with Crippen LogP contribution in [0.25, 0.3) is 21.8 Å². The Labute approximate surface area is 626 Å². The number of carbonyl (C=O) groups excluding carboxylic acids is 12. The molecule has 6 aromatic rings. The van der Waals surface area contributed by atoms with E-state index in [2.05, 4.69) is 57.5 Å². The fraction of sp³-hybridized carbons (Fsp3) is 0.429. The van der Waals surface area contributed by atoms with Gasteiger partial charge >= 0.3 is 5.97 Å². The molecule has 30 nitrogen and oxygen atoms in total. The molecular formula is C77H92F2N14O16. The Bertz CT molecular complexity index is 4450. The molecule has 0 spiro atoms. The van der Waals surface area contributed by atoms with Crippen LogP contribution in [0.4, 0.5) is 8.78 Å². The number of hydrogen-bond donors (Lipinski definition) is 13. The van der Waals surface area contributed by atoms with Gasteiger partial charge in [-0.15, -0.1) is 0 Å². The van der Waals surface area contributed by atoms with Gasteiger partial charge in [0.05, 0.1) is 25.6 Å². The Morgan fingerprint density at radius 3 is 1.93 bits per heavy atom. The van der Waals surface area contributed by atoms with Gasteiger partial charge < -0.3 is 83.4 Å². The number of rotatable bonds is 17. The average molecular weight is 1510 g/mol. The number of carboxylic acid groups (broad SMARTS) is 1. The maximum Gasteiger partial charge on any atom is 0.305 e. The molecule has 4 aromatic carbocycles. The summed E-state index contributed by atoms with van der Waals surface area (Å²) in [7, 11) is 1.46. The highest BCUT2D eigenvalue weighted by Crippen LogP contribution is 2.33. The monoisotopic (exact) mass is 1510 g/mol. The molecule has 2 aromatic heterocycles. The molecule has 4 aliphatic rings. The molecule has 6 heterocycles. The normalized spacial score (nSPS) is 23.9. The van der Waals surface area contributed by atoms with E-state index in [9.17, 15) is 43.5 Å². The minimum atomic E-state index is -1.91. The number of aromatic nitrogens is 2. The van der Waals surface area contributed by atoms with E-state index in [1.165, 1.54) is 93.0 Å². The van der Waals surface area contributed by atoms with Crippen LogP contribution < -0.4 is 63.5 Å². The number of Topliss-reactive ketones (excluding diaryl/α,β-unsaturated/α-hetero) is 2. The molecule has 15 N–H and O–H groups in total. The third-order valence-corrected chi connectivity index (χ3v) is 19.8. The summed E-state index contributed by atoms with van der Waals surface area (Å²) >= 11 is 0. The fourth-order valence-electron chi connectivity index (χ4n) is 13.7. The smallest absolute Gasteiger partial charge is 0.305 e. The first kappa shape index (κ1) is 81.4. The number of aliphatic imine (C=N–C) groups is 1. The molecule has 109 heavy (non-hydrogen) atoms. The van der Waals surface area contributed by atoms with Crippen molar-refractivity contribution in [2.75, 3.05) is 33.4 Å². The summed E-state index contributed by atoms with van der Waals surface area (Å²) < 4.78 is 41.2. The average Bonchev–Trinajstić information content (AvgIpc) is 1.91. The summed E-state index contributed by atoms with van der Waals surface area (Å²) in [6.45, 7) is 3.48. The number of unbranched alkanes of at least 4 members (excludes halogenated alkanes) is 1. The summed E-state index contributed by atoms with van der Waals surface area (Å²) in [6, 6.07) is 9.96. The number of hydrogen-bond acceptors (Lipinski definition) is 17. The molecule has 10 rings (SSSR count). The Balaban J connectivity index is 1.08. The third-order valence-electron chi connectivity index (χ3n) is 19.8. The first-order chi connectivity index (χ1) is 52.1. The molecule has 0 unspecified atom stereocenters. The number of carboxylic acids is 1. The number of methoxy groups -OCH3 is 1. The number of H-pyrrole nitrogens is 2. The van der Waals surface area contributed by atoms with E-state index in [0.717, 1.165) is 6.92 Å². The van der Waals surface area contributed by atoms with E-state index >= 15 is 32.8 Å². The number of allylic oxidation sites excluding steroid dienone is 1. The molecular weight excluding hydrogens is 1410 g/mol. The summed E-state index contributed by atoms with van der Waals surface area (Å²) in [6.07, 6.45) is 3.30. The number of halogens is 2. The van der Waals surface area contributed by atoms with Crippen LogP contribution in [-0.2, 0) is 88.0 Å². The van der Waals surface area contributed by atoms with Crippen molar-refractivity contribution >= 4 is 105 Å². The third kappa shape index (κ3) is 22.2. The van der Waals surface area contributed by atoms with E-state index in [1.54, 1.807) is 42.6 Å². The highest BCUT2D eigenvalue weighted by molar-refractivity contribution is 6.01. The first-order valence-electron chi connectivity index (χ1n) is 36.1. The van der Waals surface area contributed by atoms with Crippen LogP contribution in [0, 0.1) is 23.5 Å². The Morgan fingerprint density at radius 1 is 0.706 bits per heavy atom. The van der Waals surface area contributed by atoms with Gasteiger partial charge in [0.1, 0.15) is 58.9 Å². The van der Waals surface area contributed by atoms with Crippen molar-refractivity contribution in [1.82, 2.24) is 57.4 Å². The number of ketones is 2. The number of benzene rings is 4. The minimum Gasteiger partial charge on any atom is -0.497 e. The van der Waals surface area contributed by atoms with Gasteiger partial charge in [0, 0.05) is 117 Å². The number of carbonyl (C=O) groups is 13. The largest absolute Gasteiger partial charge is 0.497 e. The zero-order valence-corrected chi connectivity index (χ0v) is 60.9. The highest BCUT2D eigenvalue weighted by atomic mass is 19.1. The van der Waals surface area contributed by atoms with Crippen LogP contribution >= 0.6 is 0 Å². The van der Waals surface area contributed by atoms with Crippen molar-refractivity contribution in [1.29, 1.82) is 0 Å². The summed E-state index contributed by atoms with van der Waals surface area (Å²) in [5.74, 6) is -15.2. The van der Waals surface area contributed by atoms with E-state index in [-0.39, 0.29) is 88.6 Å². The van der Waals surface area contributed by atoms with Gasteiger partial charge in [-0.3, -0.25) is 67.3 Å². The molecule has 1 fully saturated rings. The maximum atomic E-state index is 15.4. The number of fused-ring (bicyclic) bond motifs is 35. The minimum absolute atomic E-state index is 0.00973. The van der Waals surface area contributed by atoms with Crippen molar-refractivity contribution in [3.05, 3.63) is 143 Å². The standard InChI is InChI=1S/C77H92F2N14O16/c1-42-70(101)89-61(32-50-40-85-58-20-14-52(79)36-56(50)58)65(95)34-48(31-49-39-84-57-19-13-51(78)35-55(49)57)72(103)90-62(37-68(98)99)66(96)33-47(28-46-21-25-82-38-46)71(102)91-64(30-45-9-15-53(108-4)16-10-45)75(106)93-27-7-23-77(93,3)76(107)92-63(69(81)100)29-44-11-17-54(18-12-44)109-41-67(97)83-26-22-60(87-43(2)94)74(105)88-59(73(104)86-42)8-5-6-24-80/h9-20,25,35-36,38-40,42,47-48,59-64,84-85H,5-8,21-24,26-34,37,41,80H2,1-4H3,(H2,81,100)(H,83,97)(H,86,104)(H,87,94)(H,88,105)(H,89,101)(H,90,103)(H,91,102)(H,92,107)(H,98,99)/t42-,47-,48-,59+,60+,61+,62+,63+,64+,77+/m1/s1. The molecule has 10 atom stereocenters. The molecule has 2 bridgehead atoms. The predicted octanol–water partition coefficient (Wildman–Crippen LogP) is 2.91. The van der Waals surface area contributed by atoms with Gasteiger partial charge in [-0.05, 0) is 160 Å². The zero-order chi connectivity index (χ0) is 78.6. The fourth-order valence-corrected chi connectivity index (χ4v) is 13.7. The lowest BCUT2D eigenvalue weighted by Crippen LogP contribution is -2.62. The zero-order valence-electron chi connectivity index (χ0n) is 60.9. The van der Waals surface area contributed by atoms with Crippen molar-refractivity contribution in [2.45, 2.75) is 165 Å². The number of nitrogens with one attached hydrogen (secondary N) is 10. The second-order valence-electron chi connectivity index (χ2n) is 27.9. The van der Waals surface area contributed by atoms with Crippen LogP contribution in [-0.4, -0.2) is 184 Å². The second-order valence-corrected chi connectivity index (χ2v) is 27.9. The Hall–Kier alpha value is -11.7. The first-order valence-corrected chi connectivity index (χ1v) is 36.1. The molecule has 4 aliphatic heterocycles. The van der Waals surface area contributed by atoms with Crippen molar-refractivity contribution in [3.8, 4) is 11.5 Å². The highest BCUT2D eigenvalue weighted by Gasteiger charge is 2.49. The van der Waals surface area contributed by atoms with Crippen LogP contribution in [0.15, 0.2) is 114 Å². The van der Waals surface area contributed by atoms with E-state index in [1.807, 2.05) is 0 Å². The van der Waals surface area contributed by atoms with Crippen LogP contribution in [0.5, 0.6) is 11.5 Å². The van der Waals surface area contributed by atoms with Gasteiger partial charge in [-0.1, -0.05) is 24.3 Å². The number of aliphatic carboxylic acids is 1. The molecule has 1 saturated heterocycles. The summed E-state index contributed by atoms with van der Waals surface area (Å²) in [5, 5.41) is 32.3. The second kappa shape index (κ2) is 37.7. The predicted molar refractivity (Wildman–Crippen MR) is 394 cm³/mol. The summed E-state index contributed by atoms with van der Waals surface area (Å²) in [4.78, 5) is 197. The van der Waals surface area contributed by atoms with Gasteiger partial charge in [-0.2, -0.15) is 0 Å². The lowest BCUT2D eigenvalue weighted by Gasteiger charge is -2.37. The van der Waals surface area contributed by atoms with Crippen molar-refractivity contribution < 1.29 is 85.7 Å². The molecule has 0 saturated carbocycles. The quantitative estimate of drug-likeness (QED) is 0.0461. The van der Waals surface area contributed by atoms with Gasteiger partial charge in [0.2, 0.25) is 53.2 Å². The maximum absolute atomic E-state index is 15.4. The molecule has 580 valence electrons. The number of amides is 10. The SMILES string of the molecule is COc1ccc(C[C@@H]2NC(=O)[C@H](CC3=CN=CC3)CC(=O)[C@H](CC(=O)O)NC(=O)[C@H](Cc3c[nH]c4ccc(F)cc34)CC(=O)[C@H](Cc3c[nH]c4ccc(F)cc34)NC(=O)[C@@H](C)NC(=O)[C@H](CCCCN)NC(=O)[C@@H](NC(C)=O)CCNC(=O)COc3ccc(cc3)C[C@@H](C(N)=O)NC(=O)[C@]3(C)CCCN3C2=O)cc1. The number of nitrogens with zero attached hydrogens (tertiary/aromatic N) is 2. The number of nitrogens with two attached hydrogens (primary N) is 2. The van der Waals surface area contributed by atoms with E-state index in [0.29, 0.717) is 69.3 Å². The van der Waals surface area contributed by atoms with Gasteiger partial charge in [0.25, 0.3) is 5.91 Å². The number of ether oxygens (including phenoxy) is 2.